The number of amidine groups is 1. The Kier molecular flexibility index (Phi) is 5.16. The van der Waals surface area contributed by atoms with Crippen molar-refractivity contribution in [1.82, 2.24) is 10.2 Å². The Bertz CT molecular complexity index is 267. The van der Waals surface area contributed by atoms with Gasteiger partial charge >= 0.3 is 0 Å². The van der Waals surface area contributed by atoms with Crippen LogP contribution in [-0.4, -0.2) is 47.5 Å². The van der Waals surface area contributed by atoms with Gasteiger partial charge in [-0.15, -0.1) is 0 Å². The van der Waals surface area contributed by atoms with E-state index in [9.17, 15) is 0 Å². The van der Waals surface area contributed by atoms with Crippen LogP contribution in [-0.2, 0) is 0 Å². The molecular weight excluding hydrogens is 230 g/mol. The number of hydrogen-bond acceptors (Lipinski definition) is 4. The predicted octanol–water partition coefficient (Wildman–Crippen LogP) is 2.33. The molecule has 0 aromatic rings. The molecule has 2 rings (SSSR count). The van der Waals surface area contributed by atoms with E-state index in [2.05, 4.69) is 29.1 Å². The van der Waals surface area contributed by atoms with E-state index in [1.54, 1.807) is 0 Å². The fraction of sp³-hybridized carbons (Fsp3) is 0.923. The highest BCUT2D eigenvalue weighted by molar-refractivity contribution is 8.14. The van der Waals surface area contributed by atoms with E-state index in [1.165, 1.54) is 43.9 Å². The minimum atomic E-state index is 0.730. The highest BCUT2D eigenvalue weighted by Gasteiger charge is 2.24. The molecule has 2 heterocycles. The first-order valence-electron chi connectivity index (χ1n) is 7.02. The Balaban J connectivity index is 1.69. The first-order valence-corrected chi connectivity index (χ1v) is 7.90. The molecule has 17 heavy (non-hydrogen) atoms. The van der Waals surface area contributed by atoms with Crippen LogP contribution in [0.1, 0.15) is 39.5 Å². The molecule has 2 aliphatic rings. The lowest BCUT2D eigenvalue weighted by atomic mass is 10.2. The number of aliphatic imine (C=N–C) groups is 1. The molecule has 98 valence electrons. The number of likely N-dealkylation sites (N-methyl/N-ethyl adjacent to an activating group) is 1. The monoisotopic (exact) mass is 255 g/mol. The Morgan fingerprint density at radius 1 is 1.47 bits per heavy atom. The number of thioether (sulfide) groups is 1. The van der Waals surface area contributed by atoms with Gasteiger partial charge in [0.1, 0.15) is 0 Å². The normalized spacial score (nSPS) is 29.6. The summed E-state index contributed by atoms with van der Waals surface area (Å²) in [5.41, 5.74) is 0. The first kappa shape index (κ1) is 13.2. The first-order chi connectivity index (χ1) is 8.33. The number of likely N-dealkylation sites (tertiary alicyclic amines) is 1. The van der Waals surface area contributed by atoms with Gasteiger partial charge in [-0.25, -0.2) is 0 Å². The van der Waals surface area contributed by atoms with Gasteiger partial charge in [0.25, 0.3) is 0 Å². The molecule has 1 saturated heterocycles. The molecular formula is C13H25N3S. The lowest BCUT2D eigenvalue weighted by molar-refractivity contribution is 0.267. The Hall–Kier alpha value is -0.220. The van der Waals surface area contributed by atoms with Gasteiger partial charge in [-0.3, -0.25) is 9.89 Å². The van der Waals surface area contributed by atoms with Crippen LogP contribution in [0.5, 0.6) is 0 Å². The maximum absolute atomic E-state index is 4.60. The summed E-state index contributed by atoms with van der Waals surface area (Å²) >= 11 is 1.95. The molecule has 2 atom stereocenters. The number of nitrogens with one attached hydrogen (secondary N) is 1. The van der Waals surface area contributed by atoms with Crippen molar-refractivity contribution in [3.8, 4) is 0 Å². The summed E-state index contributed by atoms with van der Waals surface area (Å²) in [5.74, 6) is 0. The molecule has 0 radical (unpaired) electrons. The zero-order valence-corrected chi connectivity index (χ0v) is 11.9. The lowest BCUT2D eigenvalue weighted by Crippen LogP contribution is -2.39. The summed E-state index contributed by atoms with van der Waals surface area (Å²) < 4.78 is 0. The lowest BCUT2D eigenvalue weighted by Gasteiger charge is -2.23. The van der Waals surface area contributed by atoms with Crippen LogP contribution in [0.25, 0.3) is 0 Å². The summed E-state index contributed by atoms with van der Waals surface area (Å²) in [6, 6.07) is 0.730. The van der Waals surface area contributed by atoms with E-state index < -0.39 is 0 Å². The number of nitrogens with zero attached hydrogens (tertiary/aromatic N) is 2. The van der Waals surface area contributed by atoms with E-state index in [1.807, 2.05) is 11.8 Å². The van der Waals surface area contributed by atoms with E-state index in [0.29, 0.717) is 0 Å². The van der Waals surface area contributed by atoms with E-state index in [-0.39, 0.29) is 0 Å². The molecule has 2 aliphatic heterocycles. The minimum absolute atomic E-state index is 0.730. The quantitative estimate of drug-likeness (QED) is 0.817. The largest absolute Gasteiger partial charge is 0.363 e. The van der Waals surface area contributed by atoms with Crippen LogP contribution in [0.4, 0.5) is 0 Å². The van der Waals surface area contributed by atoms with Crippen molar-refractivity contribution in [3.05, 3.63) is 0 Å². The van der Waals surface area contributed by atoms with Gasteiger partial charge in [0.2, 0.25) is 0 Å². The van der Waals surface area contributed by atoms with Crippen LogP contribution in [0.2, 0.25) is 0 Å². The summed E-state index contributed by atoms with van der Waals surface area (Å²) in [6.07, 6.45) is 5.27. The van der Waals surface area contributed by atoms with Crippen molar-refractivity contribution in [2.45, 2.75) is 50.8 Å². The smallest absolute Gasteiger partial charge is 0.156 e. The standard InChI is InChI=1S/C13H25N3S/c1-3-6-12-10-15-13(17-12)14-9-11-7-5-8-16(11)4-2/h11-12H,3-10H2,1-2H3,(H,14,15). The zero-order chi connectivity index (χ0) is 12.1. The third kappa shape index (κ3) is 3.62. The molecule has 1 fully saturated rings. The number of rotatable bonds is 5. The van der Waals surface area contributed by atoms with Gasteiger partial charge in [0.05, 0.1) is 6.54 Å². The van der Waals surface area contributed by atoms with Crippen LogP contribution in [0, 0.1) is 0 Å². The topological polar surface area (TPSA) is 27.6 Å². The van der Waals surface area contributed by atoms with E-state index in [0.717, 1.165) is 24.4 Å². The van der Waals surface area contributed by atoms with Gasteiger partial charge in [-0.2, -0.15) is 0 Å². The highest BCUT2D eigenvalue weighted by atomic mass is 32.2. The van der Waals surface area contributed by atoms with Crippen molar-refractivity contribution < 1.29 is 0 Å². The predicted molar refractivity (Wildman–Crippen MR) is 76.9 cm³/mol. The molecule has 0 spiro atoms. The van der Waals surface area contributed by atoms with Crippen molar-refractivity contribution in [1.29, 1.82) is 0 Å². The van der Waals surface area contributed by atoms with Crippen LogP contribution in [0.3, 0.4) is 0 Å². The fourth-order valence-corrected chi connectivity index (χ4v) is 3.87. The average molecular weight is 255 g/mol. The number of hydrogen-bond donors (Lipinski definition) is 1. The third-order valence-electron chi connectivity index (χ3n) is 3.72. The van der Waals surface area contributed by atoms with Crippen molar-refractivity contribution in [2.75, 3.05) is 26.2 Å². The highest BCUT2D eigenvalue weighted by Crippen LogP contribution is 2.24. The summed E-state index contributed by atoms with van der Waals surface area (Å²) in [6.45, 7) is 9.08. The fourth-order valence-electron chi connectivity index (χ4n) is 2.73. The molecule has 0 aromatic carbocycles. The van der Waals surface area contributed by atoms with Crippen LogP contribution >= 0.6 is 11.8 Å². The van der Waals surface area contributed by atoms with E-state index in [4.69, 9.17) is 0 Å². The van der Waals surface area contributed by atoms with Crippen molar-refractivity contribution >= 4 is 16.9 Å². The second-order valence-electron chi connectivity index (χ2n) is 4.98. The van der Waals surface area contributed by atoms with Crippen LogP contribution in [0.15, 0.2) is 4.99 Å². The zero-order valence-electron chi connectivity index (χ0n) is 11.1. The summed E-state index contributed by atoms with van der Waals surface area (Å²) in [5, 5.41) is 5.46. The molecule has 3 nitrogen and oxygen atoms in total. The van der Waals surface area contributed by atoms with Gasteiger partial charge in [-0.1, -0.05) is 32.0 Å². The average Bonchev–Trinajstić information content (AvgIpc) is 2.95. The molecule has 0 saturated carbocycles. The van der Waals surface area contributed by atoms with Gasteiger partial charge in [-0.05, 0) is 32.4 Å². The summed E-state index contributed by atoms with van der Waals surface area (Å²) in [4.78, 5) is 7.18. The third-order valence-corrected chi connectivity index (χ3v) is 4.94. The Morgan fingerprint density at radius 2 is 2.35 bits per heavy atom. The second-order valence-corrected chi connectivity index (χ2v) is 6.27. The van der Waals surface area contributed by atoms with Crippen molar-refractivity contribution in [3.63, 3.8) is 0 Å². The van der Waals surface area contributed by atoms with Gasteiger partial charge in [0, 0.05) is 17.8 Å². The maximum Gasteiger partial charge on any atom is 0.156 e. The maximum atomic E-state index is 4.60. The molecule has 1 N–H and O–H groups in total. The summed E-state index contributed by atoms with van der Waals surface area (Å²) in [7, 11) is 0. The van der Waals surface area contributed by atoms with Gasteiger partial charge in [0.15, 0.2) is 5.17 Å². The SMILES string of the molecule is CCCC1CN=C(NCC2CCCN2CC)S1. The van der Waals surface area contributed by atoms with Crippen molar-refractivity contribution in [2.24, 2.45) is 4.99 Å². The van der Waals surface area contributed by atoms with Crippen LogP contribution < -0.4 is 5.32 Å². The molecule has 0 amide bonds. The molecule has 4 heteroatoms. The van der Waals surface area contributed by atoms with Gasteiger partial charge < -0.3 is 5.32 Å². The Morgan fingerprint density at radius 3 is 3.12 bits per heavy atom. The molecule has 0 aliphatic carbocycles. The molecule has 2 unspecified atom stereocenters. The second kappa shape index (κ2) is 6.64. The minimum Gasteiger partial charge on any atom is -0.363 e. The molecule has 0 aromatic heterocycles. The molecule has 0 bridgehead atoms. The Labute approximate surface area is 109 Å². The van der Waals surface area contributed by atoms with E-state index >= 15 is 0 Å².